The first kappa shape index (κ1) is 15.6. The lowest BCUT2D eigenvalue weighted by atomic mass is 9.86. The van der Waals surface area contributed by atoms with Crippen LogP contribution in [0.15, 0.2) is 35.2 Å². The van der Waals surface area contributed by atoms with Gasteiger partial charge in [0.05, 0.1) is 10.6 Å². The Morgan fingerprint density at radius 2 is 1.95 bits per heavy atom. The molecule has 1 aromatic carbocycles. The highest BCUT2D eigenvalue weighted by molar-refractivity contribution is 7.91. The topological polar surface area (TPSA) is 72.0 Å². The van der Waals surface area contributed by atoms with Crippen molar-refractivity contribution in [2.45, 2.75) is 36.6 Å². The molecule has 2 aromatic rings. The molecule has 22 heavy (non-hydrogen) atoms. The van der Waals surface area contributed by atoms with E-state index < -0.39 is 9.84 Å². The summed E-state index contributed by atoms with van der Waals surface area (Å²) in [7, 11) is -3.21. The molecule has 1 aliphatic rings. The van der Waals surface area contributed by atoms with Gasteiger partial charge in [-0.2, -0.15) is 0 Å². The zero-order valence-electron chi connectivity index (χ0n) is 12.2. The van der Waals surface area contributed by atoms with E-state index >= 15 is 0 Å². The van der Waals surface area contributed by atoms with Crippen molar-refractivity contribution in [3.05, 3.63) is 40.3 Å². The van der Waals surface area contributed by atoms with Crippen molar-refractivity contribution in [3.8, 4) is 0 Å². The van der Waals surface area contributed by atoms with Crippen molar-refractivity contribution in [1.29, 1.82) is 0 Å². The maximum Gasteiger partial charge on any atom is 0.179 e. The van der Waals surface area contributed by atoms with Gasteiger partial charge in [0.1, 0.15) is 10.0 Å². The Balaban J connectivity index is 1.46. The van der Waals surface area contributed by atoms with Crippen LogP contribution in [-0.2, 0) is 16.4 Å². The van der Waals surface area contributed by atoms with E-state index in [4.69, 9.17) is 0 Å². The second kappa shape index (κ2) is 6.85. The molecule has 3 rings (SSSR count). The van der Waals surface area contributed by atoms with E-state index in [1.165, 1.54) is 19.3 Å². The fraction of sp³-hybridized carbons (Fsp3) is 0.467. The van der Waals surface area contributed by atoms with Gasteiger partial charge >= 0.3 is 0 Å². The second-order valence-electron chi connectivity index (χ2n) is 5.47. The van der Waals surface area contributed by atoms with Gasteiger partial charge in [0.15, 0.2) is 9.84 Å². The Hall–Kier alpha value is -1.31. The fourth-order valence-electron chi connectivity index (χ4n) is 2.31. The predicted octanol–water partition coefficient (Wildman–Crippen LogP) is 2.37. The number of nitrogens with one attached hydrogen (secondary N) is 1. The van der Waals surface area contributed by atoms with Crippen LogP contribution in [0.1, 0.15) is 35.2 Å². The minimum Gasteiger partial charge on any atom is -0.309 e. The molecule has 0 saturated heterocycles. The number of nitrogens with zero attached hydrogens (tertiary/aromatic N) is 2. The average molecular weight is 337 g/mol. The standard InChI is InChI=1S/C15H19N3O2S2/c19-22(20,13-7-2-1-3-8-13)10-9-16-11-14-17-18-15(21-14)12-5-4-6-12/h1-3,7-8,12,16H,4-6,9-11H2. The number of hydrogen-bond donors (Lipinski definition) is 1. The van der Waals surface area contributed by atoms with Crippen LogP contribution in [0.4, 0.5) is 0 Å². The molecule has 0 spiro atoms. The molecular weight excluding hydrogens is 318 g/mol. The maximum absolute atomic E-state index is 12.1. The molecule has 7 heteroatoms. The highest BCUT2D eigenvalue weighted by atomic mass is 32.2. The van der Waals surface area contributed by atoms with Crippen molar-refractivity contribution in [2.24, 2.45) is 0 Å². The Labute approximate surface area is 134 Å². The summed E-state index contributed by atoms with van der Waals surface area (Å²) in [4.78, 5) is 0.375. The monoisotopic (exact) mass is 337 g/mol. The Morgan fingerprint density at radius 1 is 1.18 bits per heavy atom. The quantitative estimate of drug-likeness (QED) is 0.785. The number of benzene rings is 1. The third-order valence-electron chi connectivity index (χ3n) is 3.86. The van der Waals surface area contributed by atoms with Gasteiger partial charge in [-0.25, -0.2) is 8.42 Å². The lowest BCUT2D eigenvalue weighted by Crippen LogP contribution is -2.22. The van der Waals surface area contributed by atoms with Crippen molar-refractivity contribution < 1.29 is 8.42 Å². The second-order valence-corrected chi connectivity index (χ2v) is 8.67. The summed E-state index contributed by atoms with van der Waals surface area (Å²) in [6, 6.07) is 8.55. The fourth-order valence-corrected chi connectivity index (χ4v) is 4.51. The first-order valence-corrected chi connectivity index (χ1v) is 9.93. The number of sulfone groups is 1. The summed E-state index contributed by atoms with van der Waals surface area (Å²) < 4.78 is 24.2. The molecule has 0 aliphatic heterocycles. The molecule has 1 saturated carbocycles. The SMILES string of the molecule is O=S(=O)(CCNCc1nnc(C2CCC2)s1)c1ccccc1. The van der Waals surface area contributed by atoms with Crippen LogP contribution in [0.25, 0.3) is 0 Å². The molecule has 1 fully saturated rings. The minimum atomic E-state index is -3.21. The molecule has 1 aromatic heterocycles. The largest absolute Gasteiger partial charge is 0.309 e. The third kappa shape index (κ3) is 3.71. The lowest BCUT2D eigenvalue weighted by Gasteiger charge is -2.21. The normalized spacial score (nSPS) is 15.6. The average Bonchev–Trinajstić information content (AvgIpc) is 2.91. The van der Waals surface area contributed by atoms with Gasteiger partial charge in [-0.15, -0.1) is 10.2 Å². The highest BCUT2D eigenvalue weighted by Gasteiger charge is 2.23. The van der Waals surface area contributed by atoms with E-state index in [0.717, 1.165) is 10.0 Å². The molecule has 0 amide bonds. The van der Waals surface area contributed by atoms with Crippen LogP contribution in [-0.4, -0.2) is 30.9 Å². The van der Waals surface area contributed by atoms with Gasteiger partial charge < -0.3 is 5.32 Å². The molecule has 0 bridgehead atoms. The highest BCUT2D eigenvalue weighted by Crippen LogP contribution is 2.37. The molecule has 1 heterocycles. The van der Waals surface area contributed by atoms with Gasteiger partial charge in [0.2, 0.25) is 0 Å². The number of aromatic nitrogens is 2. The van der Waals surface area contributed by atoms with E-state index in [1.807, 2.05) is 6.07 Å². The van der Waals surface area contributed by atoms with Crippen molar-refractivity contribution in [3.63, 3.8) is 0 Å². The molecular formula is C15H19N3O2S2. The first-order valence-electron chi connectivity index (χ1n) is 7.46. The maximum atomic E-state index is 12.1. The van der Waals surface area contributed by atoms with Crippen molar-refractivity contribution in [1.82, 2.24) is 15.5 Å². The van der Waals surface area contributed by atoms with Gasteiger partial charge in [-0.3, -0.25) is 0 Å². The third-order valence-corrected chi connectivity index (χ3v) is 6.68. The summed E-state index contributed by atoms with van der Waals surface area (Å²) in [6.45, 7) is 0.990. The summed E-state index contributed by atoms with van der Waals surface area (Å²) >= 11 is 1.64. The smallest absolute Gasteiger partial charge is 0.179 e. The van der Waals surface area contributed by atoms with Crippen LogP contribution in [0.2, 0.25) is 0 Å². The molecule has 0 atom stereocenters. The molecule has 5 nitrogen and oxygen atoms in total. The zero-order chi connectivity index (χ0) is 15.4. The van der Waals surface area contributed by atoms with Gasteiger partial charge in [0.25, 0.3) is 0 Å². The molecule has 1 aliphatic carbocycles. The predicted molar refractivity (Wildman–Crippen MR) is 86.7 cm³/mol. The molecule has 1 N–H and O–H groups in total. The van der Waals surface area contributed by atoms with Gasteiger partial charge in [-0.05, 0) is 25.0 Å². The van der Waals surface area contributed by atoms with Crippen LogP contribution in [0, 0.1) is 0 Å². The van der Waals surface area contributed by atoms with Crippen LogP contribution in [0.5, 0.6) is 0 Å². The lowest BCUT2D eigenvalue weighted by molar-refractivity contribution is 0.416. The summed E-state index contributed by atoms with van der Waals surface area (Å²) in [5.41, 5.74) is 0. The van der Waals surface area contributed by atoms with Gasteiger partial charge in [0, 0.05) is 19.0 Å². The Bertz CT molecular complexity index is 709. The number of rotatable bonds is 7. The van der Waals surface area contributed by atoms with Crippen LogP contribution in [0.3, 0.4) is 0 Å². The summed E-state index contributed by atoms with van der Waals surface area (Å²) in [5.74, 6) is 0.690. The van der Waals surface area contributed by atoms with Crippen LogP contribution < -0.4 is 5.32 Å². The van der Waals surface area contributed by atoms with Crippen LogP contribution >= 0.6 is 11.3 Å². The van der Waals surface area contributed by atoms with E-state index in [1.54, 1.807) is 35.6 Å². The van der Waals surface area contributed by atoms with E-state index in [0.29, 0.717) is 23.9 Å². The van der Waals surface area contributed by atoms with Gasteiger partial charge in [-0.1, -0.05) is 36.0 Å². The Kier molecular flexibility index (Phi) is 4.85. The van der Waals surface area contributed by atoms with E-state index in [2.05, 4.69) is 15.5 Å². The minimum absolute atomic E-state index is 0.0886. The molecule has 0 radical (unpaired) electrons. The molecule has 118 valence electrons. The van der Waals surface area contributed by atoms with E-state index in [-0.39, 0.29) is 5.75 Å². The summed E-state index contributed by atoms with van der Waals surface area (Å²) in [6.07, 6.45) is 3.73. The summed E-state index contributed by atoms with van der Waals surface area (Å²) in [5, 5.41) is 13.6. The van der Waals surface area contributed by atoms with E-state index in [9.17, 15) is 8.42 Å². The Morgan fingerprint density at radius 3 is 2.64 bits per heavy atom. The zero-order valence-corrected chi connectivity index (χ0v) is 13.9. The van der Waals surface area contributed by atoms with Crippen molar-refractivity contribution >= 4 is 21.2 Å². The number of hydrogen-bond acceptors (Lipinski definition) is 6. The van der Waals surface area contributed by atoms with Crippen molar-refractivity contribution in [2.75, 3.05) is 12.3 Å². The molecule has 0 unspecified atom stereocenters. The first-order chi connectivity index (χ1) is 10.6.